The minimum atomic E-state index is 0.0913. The molecule has 0 unspecified atom stereocenters. The summed E-state index contributed by atoms with van der Waals surface area (Å²) in [4.78, 5) is 12.0. The molecule has 1 aromatic rings. The van der Waals surface area contributed by atoms with Gasteiger partial charge in [0.2, 0.25) is 5.91 Å². The molecule has 0 fully saturated rings. The van der Waals surface area contributed by atoms with Crippen molar-refractivity contribution in [2.45, 2.75) is 39.0 Å². The van der Waals surface area contributed by atoms with Crippen LogP contribution in [0.25, 0.3) is 0 Å². The molecule has 2 nitrogen and oxygen atoms in total. The van der Waals surface area contributed by atoms with Crippen LogP contribution in [-0.2, 0) is 4.79 Å². The largest absolute Gasteiger partial charge is 0.326 e. The SMILES string of the molecule is Cc1cc(Br)ccc1NC(=O)CC1=CCCCC1. The second-order valence-corrected chi connectivity index (χ2v) is 5.71. The van der Waals surface area contributed by atoms with Crippen LogP contribution in [0.2, 0.25) is 0 Å². The van der Waals surface area contributed by atoms with Gasteiger partial charge in [0.25, 0.3) is 0 Å². The summed E-state index contributed by atoms with van der Waals surface area (Å²) < 4.78 is 1.04. The van der Waals surface area contributed by atoms with Crippen LogP contribution >= 0.6 is 15.9 Å². The van der Waals surface area contributed by atoms with E-state index < -0.39 is 0 Å². The topological polar surface area (TPSA) is 29.1 Å². The summed E-state index contributed by atoms with van der Waals surface area (Å²) in [6, 6.07) is 5.89. The molecular weight excluding hydrogens is 290 g/mol. The molecule has 1 N–H and O–H groups in total. The Labute approximate surface area is 117 Å². The molecule has 1 aliphatic rings. The van der Waals surface area contributed by atoms with Gasteiger partial charge < -0.3 is 5.32 Å². The lowest BCUT2D eigenvalue weighted by Gasteiger charge is -2.13. The van der Waals surface area contributed by atoms with Crippen molar-refractivity contribution in [2.24, 2.45) is 0 Å². The van der Waals surface area contributed by atoms with Crippen molar-refractivity contribution in [2.75, 3.05) is 5.32 Å². The van der Waals surface area contributed by atoms with Crippen molar-refractivity contribution in [3.05, 3.63) is 39.9 Å². The van der Waals surface area contributed by atoms with Crippen molar-refractivity contribution in [1.29, 1.82) is 0 Å². The Balaban J connectivity index is 1.96. The van der Waals surface area contributed by atoms with Crippen LogP contribution in [0.3, 0.4) is 0 Å². The van der Waals surface area contributed by atoms with E-state index in [0.717, 1.165) is 28.6 Å². The zero-order valence-electron chi connectivity index (χ0n) is 10.6. The van der Waals surface area contributed by atoms with E-state index in [1.807, 2.05) is 25.1 Å². The van der Waals surface area contributed by atoms with E-state index in [9.17, 15) is 4.79 Å². The number of nitrogens with one attached hydrogen (secondary N) is 1. The van der Waals surface area contributed by atoms with E-state index in [-0.39, 0.29) is 5.91 Å². The van der Waals surface area contributed by atoms with Gasteiger partial charge in [-0.25, -0.2) is 0 Å². The van der Waals surface area contributed by atoms with Crippen molar-refractivity contribution in [1.82, 2.24) is 0 Å². The lowest BCUT2D eigenvalue weighted by Crippen LogP contribution is -2.13. The number of hydrogen-bond donors (Lipinski definition) is 1. The molecular formula is C15H18BrNO. The zero-order chi connectivity index (χ0) is 13.0. The Hall–Kier alpha value is -1.09. The van der Waals surface area contributed by atoms with Crippen molar-refractivity contribution >= 4 is 27.5 Å². The molecule has 0 bridgehead atoms. The Morgan fingerprint density at radius 3 is 2.89 bits per heavy atom. The second-order valence-electron chi connectivity index (χ2n) is 4.79. The molecule has 0 aliphatic heterocycles. The fourth-order valence-electron chi connectivity index (χ4n) is 2.23. The van der Waals surface area contributed by atoms with Gasteiger partial charge in [0.05, 0.1) is 0 Å². The molecule has 1 aliphatic carbocycles. The average molecular weight is 308 g/mol. The van der Waals surface area contributed by atoms with E-state index in [1.165, 1.54) is 18.4 Å². The van der Waals surface area contributed by atoms with Crippen LogP contribution in [-0.4, -0.2) is 5.91 Å². The van der Waals surface area contributed by atoms with E-state index in [1.54, 1.807) is 0 Å². The third kappa shape index (κ3) is 3.70. The summed E-state index contributed by atoms with van der Waals surface area (Å²) in [5.41, 5.74) is 3.27. The molecule has 0 radical (unpaired) electrons. The van der Waals surface area contributed by atoms with Crippen LogP contribution in [0, 0.1) is 6.92 Å². The third-order valence-corrected chi connectivity index (χ3v) is 3.73. The highest BCUT2D eigenvalue weighted by Crippen LogP contribution is 2.23. The van der Waals surface area contributed by atoms with Crippen LogP contribution < -0.4 is 5.32 Å². The standard InChI is InChI=1S/C15H18BrNO/c1-11-9-13(16)7-8-14(11)17-15(18)10-12-5-3-2-4-6-12/h5,7-9H,2-4,6,10H2,1H3,(H,17,18). The van der Waals surface area contributed by atoms with E-state index in [2.05, 4.69) is 27.3 Å². The molecule has 96 valence electrons. The molecule has 0 atom stereocenters. The number of allylic oxidation sites excluding steroid dienone is 1. The summed E-state index contributed by atoms with van der Waals surface area (Å²) in [6.07, 6.45) is 7.44. The van der Waals surface area contributed by atoms with Crippen LogP contribution in [0.15, 0.2) is 34.3 Å². The molecule has 0 aromatic heterocycles. The highest BCUT2D eigenvalue weighted by Gasteiger charge is 2.10. The van der Waals surface area contributed by atoms with Gasteiger partial charge in [-0.3, -0.25) is 4.79 Å². The Morgan fingerprint density at radius 2 is 2.22 bits per heavy atom. The fourth-order valence-corrected chi connectivity index (χ4v) is 2.71. The first-order valence-corrected chi connectivity index (χ1v) is 7.18. The van der Waals surface area contributed by atoms with Gasteiger partial charge in [-0.15, -0.1) is 0 Å². The quantitative estimate of drug-likeness (QED) is 0.813. The summed E-state index contributed by atoms with van der Waals surface area (Å²) >= 11 is 3.42. The molecule has 2 rings (SSSR count). The van der Waals surface area contributed by atoms with E-state index in [4.69, 9.17) is 0 Å². The molecule has 18 heavy (non-hydrogen) atoms. The first-order valence-electron chi connectivity index (χ1n) is 6.39. The number of halogens is 1. The molecule has 0 spiro atoms. The lowest BCUT2D eigenvalue weighted by molar-refractivity contribution is -0.115. The predicted molar refractivity (Wildman–Crippen MR) is 78.7 cm³/mol. The maximum absolute atomic E-state index is 12.0. The number of aryl methyl sites for hydroxylation is 1. The van der Waals surface area contributed by atoms with Gasteiger partial charge >= 0.3 is 0 Å². The molecule has 0 saturated heterocycles. The third-order valence-electron chi connectivity index (χ3n) is 3.24. The number of amides is 1. The first-order chi connectivity index (χ1) is 8.65. The summed E-state index contributed by atoms with van der Waals surface area (Å²) in [6.45, 7) is 2.00. The van der Waals surface area contributed by atoms with Crippen LogP contribution in [0.5, 0.6) is 0 Å². The Kier molecular flexibility index (Phi) is 4.59. The highest BCUT2D eigenvalue weighted by atomic mass is 79.9. The van der Waals surface area contributed by atoms with Gasteiger partial charge in [0.1, 0.15) is 0 Å². The number of rotatable bonds is 3. The normalized spacial score (nSPS) is 15.1. The van der Waals surface area contributed by atoms with Gasteiger partial charge in [-0.2, -0.15) is 0 Å². The number of carbonyl (C=O) groups is 1. The summed E-state index contributed by atoms with van der Waals surface area (Å²) in [5.74, 6) is 0.0913. The maximum atomic E-state index is 12.0. The van der Waals surface area contributed by atoms with Gasteiger partial charge in [-0.1, -0.05) is 27.6 Å². The minimum absolute atomic E-state index is 0.0913. The lowest BCUT2D eigenvalue weighted by atomic mass is 9.97. The van der Waals surface area contributed by atoms with Crippen LogP contribution in [0.1, 0.15) is 37.7 Å². The molecule has 1 aromatic carbocycles. The maximum Gasteiger partial charge on any atom is 0.228 e. The minimum Gasteiger partial charge on any atom is -0.326 e. The van der Waals surface area contributed by atoms with Crippen molar-refractivity contribution < 1.29 is 4.79 Å². The molecule has 0 heterocycles. The molecule has 0 saturated carbocycles. The van der Waals surface area contributed by atoms with E-state index >= 15 is 0 Å². The molecule has 3 heteroatoms. The van der Waals surface area contributed by atoms with Crippen LogP contribution in [0.4, 0.5) is 5.69 Å². The number of benzene rings is 1. The van der Waals surface area contributed by atoms with Gasteiger partial charge in [-0.05, 0) is 56.4 Å². The predicted octanol–water partition coefficient (Wildman–Crippen LogP) is 4.59. The molecule has 1 amide bonds. The average Bonchev–Trinajstić information content (AvgIpc) is 2.34. The summed E-state index contributed by atoms with van der Waals surface area (Å²) in [7, 11) is 0. The Bertz CT molecular complexity index is 479. The first kappa shape index (κ1) is 13.3. The monoisotopic (exact) mass is 307 g/mol. The van der Waals surface area contributed by atoms with Gasteiger partial charge in [0.15, 0.2) is 0 Å². The highest BCUT2D eigenvalue weighted by molar-refractivity contribution is 9.10. The number of carbonyl (C=O) groups excluding carboxylic acids is 1. The number of hydrogen-bond acceptors (Lipinski definition) is 1. The zero-order valence-corrected chi connectivity index (χ0v) is 12.2. The summed E-state index contributed by atoms with van der Waals surface area (Å²) in [5, 5.41) is 2.98. The van der Waals surface area contributed by atoms with Gasteiger partial charge in [0, 0.05) is 16.6 Å². The van der Waals surface area contributed by atoms with E-state index in [0.29, 0.717) is 6.42 Å². The Morgan fingerprint density at radius 1 is 1.39 bits per heavy atom. The van der Waals surface area contributed by atoms with Crippen molar-refractivity contribution in [3.8, 4) is 0 Å². The smallest absolute Gasteiger partial charge is 0.228 e. The fraction of sp³-hybridized carbons (Fsp3) is 0.400. The number of anilines is 1. The van der Waals surface area contributed by atoms with Crippen molar-refractivity contribution in [3.63, 3.8) is 0 Å². The second kappa shape index (κ2) is 6.19.